The minimum absolute atomic E-state index is 0.113. The maximum absolute atomic E-state index is 11.3. The van der Waals surface area contributed by atoms with E-state index in [0.717, 1.165) is 25.7 Å². The van der Waals surface area contributed by atoms with Gasteiger partial charge in [0.2, 0.25) is 5.91 Å². The molecule has 3 heteroatoms. The molecule has 84 valence electrons. The molecule has 1 amide bonds. The monoisotopic (exact) mass is 201 g/mol. The fraction of sp³-hybridized carbons (Fsp3) is 0.909. The van der Waals surface area contributed by atoms with Crippen LogP contribution in [-0.2, 0) is 4.79 Å². The van der Waals surface area contributed by atoms with Crippen molar-refractivity contribution in [3.05, 3.63) is 0 Å². The fourth-order valence-electron chi connectivity index (χ4n) is 1.33. The molecule has 0 saturated carbocycles. The summed E-state index contributed by atoms with van der Waals surface area (Å²) in [6.07, 6.45) is 5.43. The van der Waals surface area contributed by atoms with Crippen LogP contribution in [0.2, 0.25) is 0 Å². The van der Waals surface area contributed by atoms with Crippen LogP contribution in [0.1, 0.15) is 52.4 Å². The first-order valence-corrected chi connectivity index (χ1v) is 5.61. The second-order valence-electron chi connectivity index (χ2n) is 3.79. The largest absolute Gasteiger partial charge is 0.396 e. The molecule has 0 rings (SSSR count). The van der Waals surface area contributed by atoms with Gasteiger partial charge in [0, 0.05) is 19.1 Å². The molecule has 1 atom stereocenters. The van der Waals surface area contributed by atoms with Gasteiger partial charge in [-0.15, -0.1) is 0 Å². The van der Waals surface area contributed by atoms with E-state index in [9.17, 15) is 4.79 Å². The van der Waals surface area contributed by atoms with Crippen LogP contribution in [0.3, 0.4) is 0 Å². The zero-order valence-electron chi connectivity index (χ0n) is 9.38. The lowest BCUT2D eigenvalue weighted by molar-refractivity contribution is -0.121. The zero-order valence-corrected chi connectivity index (χ0v) is 9.38. The number of hydrogen-bond acceptors (Lipinski definition) is 2. The number of amides is 1. The molecule has 0 heterocycles. The van der Waals surface area contributed by atoms with E-state index in [1.54, 1.807) is 0 Å². The molecule has 1 unspecified atom stereocenters. The van der Waals surface area contributed by atoms with Gasteiger partial charge in [-0.05, 0) is 26.2 Å². The Morgan fingerprint density at radius 2 is 2.07 bits per heavy atom. The minimum atomic E-state index is 0.113. The highest BCUT2D eigenvalue weighted by Crippen LogP contribution is 2.01. The average Bonchev–Trinajstić information content (AvgIpc) is 2.15. The van der Waals surface area contributed by atoms with E-state index in [1.165, 1.54) is 6.42 Å². The van der Waals surface area contributed by atoms with E-state index >= 15 is 0 Å². The Bertz CT molecular complexity index is 148. The van der Waals surface area contributed by atoms with Crippen molar-refractivity contribution in [2.24, 2.45) is 0 Å². The van der Waals surface area contributed by atoms with Gasteiger partial charge in [0.25, 0.3) is 0 Å². The number of carbonyl (C=O) groups is 1. The van der Waals surface area contributed by atoms with Crippen LogP contribution in [0.5, 0.6) is 0 Å². The van der Waals surface area contributed by atoms with E-state index < -0.39 is 0 Å². The molecule has 0 aromatic heterocycles. The third-order valence-electron chi connectivity index (χ3n) is 2.21. The smallest absolute Gasteiger partial charge is 0.220 e. The average molecular weight is 201 g/mol. The van der Waals surface area contributed by atoms with Crippen LogP contribution < -0.4 is 5.32 Å². The molecule has 0 radical (unpaired) electrons. The van der Waals surface area contributed by atoms with Crippen molar-refractivity contribution in [3.8, 4) is 0 Å². The molecular formula is C11H23NO2. The quantitative estimate of drug-likeness (QED) is 0.589. The van der Waals surface area contributed by atoms with E-state index in [1.807, 2.05) is 6.92 Å². The predicted octanol–water partition coefficient (Wildman–Crippen LogP) is 1.84. The van der Waals surface area contributed by atoms with Crippen LogP contribution in [0.25, 0.3) is 0 Å². The molecule has 0 bridgehead atoms. The molecule has 0 spiro atoms. The molecule has 0 aliphatic carbocycles. The highest BCUT2D eigenvalue weighted by molar-refractivity contribution is 5.76. The summed E-state index contributed by atoms with van der Waals surface area (Å²) in [6, 6.07) is 0.288. The first-order chi connectivity index (χ1) is 6.70. The third kappa shape index (κ3) is 8.05. The maximum atomic E-state index is 11.3. The lowest BCUT2D eigenvalue weighted by Crippen LogP contribution is -2.32. The van der Waals surface area contributed by atoms with Gasteiger partial charge in [0.15, 0.2) is 0 Å². The molecule has 2 N–H and O–H groups in total. The molecule has 3 nitrogen and oxygen atoms in total. The SMILES string of the molecule is CCCCC(C)NC(=O)CCCCO. The number of hydrogen-bond donors (Lipinski definition) is 2. The van der Waals surface area contributed by atoms with Crippen molar-refractivity contribution in [1.82, 2.24) is 5.32 Å². The van der Waals surface area contributed by atoms with E-state index in [4.69, 9.17) is 5.11 Å². The zero-order chi connectivity index (χ0) is 10.8. The van der Waals surface area contributed by atoms with E-state index in [0.29, 0.717) is 6.42 Å². The Morgan fingerprint density at radius 3 is 2.64 bits per heavy atom. The Morgan fingerprint density at radius 1 is 1.36 bits per heavy atom. The molecule has 0 aromatic rings. The summed E-state index contributed by atoms with van der Waals surface area (Å²) in [5.41, 5.74) is 0. The number of aliphatic hydroxyl groups is 1. The summed E-state index contributed by atoms with van der Waals surface area (Å²) in [4.78, 5) is 11.3. The summed E-state index contributed by atoms with van der Waals surface area (Å²) in [5.74, 6) is 0.113. The topological polar surface area (TPSA) is 49.3 Å². The van der Waals surface area contributed by atoms with Gasteiger partial charge in [-0.2, -0.15) is 0 Å². The number of rotatable bonds is 8. The summed E-state index contributed by atoms with van der Waals surface area (Å²) < 4.78 is 0. The van der Waals surface area contributed by atoms with Gasteiger partial charge in [0.05, 0.1) is 0 Å². The Balaban J connectivity index is 3.40. The van der Waals surface area contributed by atoms with Crippen LogP contribution in [0, 0.1) is 0 Å². The second kappa shape index (κ2) is 9.00. The van der Waals surface area contributed by atoms with E-state index in [2.05, 4.69) is 12.2 Å². The lowest BCUT2D eigenvalue weighted by atomic mass is 10.1. The summed E-state index contributed by atoms with van der Waals surface area (Å²) >= 11 is 0. The lowest BCUT2D eigenvalue weighted by Gasteiger charge is -2.12. The van der Waals surface area contributed by atoms with Crippen LogP contribution in [0.4, 0.5) is 0 Å². The molecule has 0 aromatic carbocycles. The Labute approximate surface area is 86.9 Å². The number of nitrogens with one attached hydrogen (secondary N) is 1. The van der Waals surface area contributed by atoms with Gasteiger partial charge < -0.3 is 10.4 Å². The molecule has 14 heavy (non-hydrogen) atoms. The van der Waals surface area contributed by atoms with Gasteiger partial charge in [-0.25, -0.2) is 0 Å². The van der Waals surface area contributed by atoms with Gasteiger partial charge >= 0.3 is 0 Å². The van der Waals surface area contributed by atoms with Crippen molar-refractivity contribution < 1.29 is 9.90 Å². The minimum Gasteiger partial charge on any atom is -0.396 e. The molecule has 0 aliphatic rings. The highest BCUT2D eigenvalue weighted by atomic mass is 16.2. The Hall–Kier alpha value is -0.570. The van der Waals surface area contributed by atoms with Crippen molar-refractivity contribution in [1.29, 1.82) is 0 Å². The van der Waals surface area contributed by atoms with Crippen LogP contribution in [0.15, 0.2) is 0 Å². The summed E-state index contributed by atoms with van der Waals surface area (Å²) in [5, 5.41) is 11.5. The molecule has 0 fully saturated rings. The van der Waals surface area contributed by atoms with Crippen molar-refractivity contribution in [2.45, 2.75) is 58.4 Å². The van der Waals surface area contributed by atoms with Gasteiger partial charge in [-0.1, -0.05) is 19.8 Å². The second-order valence-corrected chi connectivity index (χ2v) is 3.79. The number of aliphatic hydroxyl groups excluding tert-OH is 1. The van der Waals surface area contributed by atoms with Crippen molar-refractivity contribution >= 4 is 5.91 Å². The van der Waals surface area contributed by atoms with Gasteiger partial charge in [0.1, 0.15) is 0 Å². The standard InChI is InChI=1S/C11H23NO2/c1-3-4-7-10(2)12-11(14)8-5-6-9-13/h10,13H,3-9H2,1-2H3,(H,12,14). The van der Waals surface area contributed by atoms with Crippen molar-refractivity contribution in [2.75, 3.05) is 6.61 Å². The first-order valence-electron chi connectivity index (χ1n) is 5.61. The van der Waals surface area contributed by atoms with Crippen LogP contribution >= 0.6 is 0 Å². The van der Waals surface area contributed by atoms with Crippen LogP contribution in [-0.4, -0.2) is 23.7 Å². The predicted molar refractivity (Wildman–Crippen MR) is 58.1 cm³/mol. The number of carbonyl (C=O) groups excluding carboxylic acids is 1. The normalized spacial score (nSPS) is 12.5. The third-order valence-corrected chi connectivity index (χ3v) is 2.21. The fourth-order valence-corrected chi connectivity index (χ4v) is 1.33. The molecular weight excluding hydrogens is 178 g/mol. The molecule has 0 saturated heterocycles. The first kappa shape index (κ1) is 13.4. The Kier molecular flexibility index (Phi) is 8.64. The summed E-state index contributed by atoms with van der Waals surface area (Å²) in [6.45, 7) is 4.37. The molecule has 0 aliphatic heterocycles. The van der Waals surface area contributed by atoms with Gasteiger partial charge in [-0.3, -0.25) is 4.79 Å². The highest BCUT2D eigenvalue weighted by Gasteiger charge is 2.05. The van der Waals surface area contributed by atoms with E-state index in [-0.39, 0.29) is 18.6 Å². The van der Waals surface area contributed by atoms with Crippen molar-refractivity contribution in [3.63, 3.8) is 0 Å². The summed E-state index contributed by atoms with van der Waals surface area (Å²) in [7, 11) is 0. The number of unbranched alkanes of at least 4 members (excludes halogenated alkanes) is 2. The maximum Gasteiger partial charge on any atom is 0.220 e.